The lowest BCUT2D eigenvalue weighted by Crippen LogP contribution is -2.52. The number of likely N-dealkylation sites (tertiary alicyclic amines) is 1. The molecule has 1 aliphatic carbocycles. The quantitative estimate of drug-likeness (QED) is 0.769. The number of imide groups is 1. The highest BCUT2D eigenvalue weighted by atomic mass is 16.5. The fourth-order valence-electron chi connectivity index (χ4n) is 5.50. The van der Waals surface area contributed by atoms with Crippen molar-refractivity contribution in [3.63, 3.8) is 0 Å². The summed E-state index contributed by atoms with van der Waals surface area (Å²) in [7, 11) is 0. The molecule has 2 saturated heterocycles. The first-order valence-electron chi connectivity index (χ1n) is 11.3. The average molecular weight is 412 g/mol. The second-order valence-corrected chi connectivity index (χ2v) is 8.97. The van der Waals surface area contributed by atoms with Crippen LogP contribution in [0.25, 0.3) is 0 Å². The first-order chi connectivity index (χ1) is 14.6. The van der Waals surface area contributed by atoms with Crippen molar-refractivity contribution in [1.29, 1.82) is 0 Å². The zero-order chi connectivity index (χ0) is 20.7. The largest absolute Gasteiger partial charge is 0.489 e. The standard InChI is InChI=1S/C23H29N3O4/c27-21-10-9-19(22(28)24-21)26-14-15-13-16(7-8-17(15)23(26)29)30-20-6-2-1-5-18(20)25-11-3-4-12-25/h7-8,13,18-20H,1-6,9-12,14H2,(H,24,27,28)/t18-,19?,20?/m0/s1. The topological polar surface area (TPSA) is 79.0 Å². The summed E-state index contributed by atoms with van der Waals surface area (Å²) in [5, 5.41) is 2.35. The Morgan fingerprint density at radius 2 is 1.77 bits per heavy atom. The smallest absolute Gasteiger partial charge is 0.255 e. The van der Waals surface area contributed by atoms with Crippen molar-refractivity contribution in [1.82, 2.24) is 15.1 Å². The van der Waals surface area contributed by atoms with Crippen molar-refractivity contribution in [3.8, 4) is 5.75 Å². The molecular weight excluding hydrogens is 382 g/mol. The molecule has 1 aromatic rings. The number of carbonyl (C=O) groups is 3. The van der Waals surface area contributed by atoms with Crippen LogP contribution in [-0.4, -0.2) is 58.8 Å². The van der Waals surface area contributed by atoms with Crippen LogP contribution in [0.4, 0.5) is 0 Å². The van der Waals surface area contributed by atoms with Gasteiger partial charge in [0.25, 0.3) is 5.91 Å². The molecule has 3 heterocycles. The van der Waals surface area contributed by atoms with Gasteiger partial charge >= 0.3 is 0 Å². The van der Waals surface area contributed by atoms with Crippen LogP contribution >= 0.6 is 0 Å². The van der Waals surface area contributed by atoms with Crippen molar-refractivity contribution in [2.45, 2.75) is 76.1 Å². The van der Waals surface area contributed by atoms with Gasteiger partial charge in [-0.05, 0) is 75.4 Å². The molecule has 2 unspecified atom stereocenters. The molecule has 3 aliphatic heterocycles. The van der Waals surface area contributed by atoms with Gasteiger partial charge in [-0.1, -0.05) is 6.42 Å². The molecule has 1 saturated carbocycles. The van der Waals surface area contributed by atoms with Crippen LogP contribution in [0.15, 0.2) is 18.2 Å². The fraction of sp³-hybridized carbons (Fsp3) is 0.609. The summed E-state index contributed by atoms with van der Waals surface area (Å²) in [6, 6.07) is 5.59. The Hall–Kier alpha value is -2.41. The SMILES string of the molecule is O=C1CCC(N2Cc3cc(OC4CCCC[C@@H]4N4CCCC4)ccc3C2=O)C(=O)N1. The van der Waals surface area contributed by atoms with E-state index < -0.39 is 6.04 Å². The molecule has 0 spiro atoms. The maximum absolute atomic E-state index is 12.9. The number of piperidine rings is 1. The van der Waals surface area contributed by atoms with Gasteiger partial charge in [0, 0.05) is 24.6 Å². The second kappa shape index (κ2) is 8.02. The predicted octanol–water partition coefficient (Wildman–Crippen LogP) is 2.23. The van der Waals surface area contributed by atoms with Crippen molar-refractivity contribution < 1.29 is 19.1 Å². The third-order valence-electron chi connectivity index (χ3n) is 7.06. The normalized spacial score (nSPS) is 29.8. The number of nitrogens with one attached hydrogen (secondary N) is 1. The van der Waals surface area contributed by atoms with Crippen molar-refractivity contribution in [3.05, 3.63) is 29.3 Å². The van der Waals surface area contributed by atoms with Crippen LogP contribution in [0.3, 0.4) is 0 Å². The Balaban J connectivity index is 1.30. The summed E-state index contributed by atoms with van der Waals surface area (Å²) in [6.07, 6.45) is 8.12. The Morgan fingerprint density at radius 3 is 2.57 bits per heavy atom. The molecule has 7 nitrogen and oxygen atoms in total. The molecule has 1 aromatic carbocycles. The van der Waals surface area contributed by atoms with E-state index in [9.17, 15) is 14.4 Å². The second-order valence-electron chi connectivity index (χ2n) is 8.97. The first kappa shape index (κ1) is 19.5. The van der Waals surface area contributed by atoms with Crippen molar-refractivity contribution >= 4 is 17.7 Å². The van der Waals surface area contributed by atoms with E-state index in [1.165, 1.54) is 45.2 Å². The summed E-state index contributed by atoms with van der Waals surface area (Å²) in [5.74, 6) is 0.0251. The van der Waals surface area contributed by atoms with Crippen LogP contribution in [-0.2, 0) is 16.1 Å². The van der Waals surface area contributed by atoms with Crippen LogP contribution in [0.5, 0.6) is 5.75 Å². The molecule has 0 bridgehead atoms. The van der Waals surface area contributed by atoms with Gasteiger partial charge in [-0.2, -0.15) is 0 Å². The summed E-state index contributed by atoms with van der Waals surface area (Å²) in [5.41, 5.74) is 1.53. The third kappa shape index (κ3) is 3.60. The van der Waals surface area contributed by atoms with E-state index in [2.05, 4.69) is 10.2 Å². The summed E-state index contributed by atoms with van der Waals surface area (Å²) in [4.78, 5) is 40.7. The van der Waals surface area contributed by atoms with E-state index in [1.54, 1.807) is 4.90 Å². The van der Waals surface area contributed by atoms with Crippen LogP contribution in [0.1, 0.15) is 67.3 Å². The van der Waals surface area contributed by atoms with Crippen LogP contribution < -0.4 is 10.1 Å². The fourth-order valence-corrected chi connectivity index (χ4v) is 5.50. The van der Waals surface area contributed by atoms with Gasteiger partial charge in [0.1, 0.15) is 17.9 Å². The van der Waals surface area contributed by atoms with E-state index >= 15 is 0 Å². The Morgan fingerprint density at radius 1 is 0.967 bits per heavy atom. The average Bonchev–Trinajstić information content (AvgIpc) is 3.37. The number of hydrogen-bond donors (Lipinski definition) is 1. The maximum Gasteiger partial charge on any atom is 0.255 e. The minimum atomic E-state index is -0.579. The number of hydrogen-bond acceptors (Lipinski definition) is 5. The molecule has 3 fully saturated rings. The highest BCUT2D eigenvalue weighted by Crippen LogP contribution is 2.33. The third-order valence-corrected chi connectivity index (χ3v) is 7.06. The zero-order valence-electron chi connectivity index (χ0n) is 17.3. The van der Waals surface area contributed by atoms with Crippen molar-refractivity contribution in [2.75, 3.05) is 13.1 Å². The molecule has 1 N–H and O–H groups in total. The van der Waals surface area contributed by atoms with E-state index in [0.29, 0.717) is 24.6 Å². The molecule has 30 heavy (non-hydrogen) atoms. The number of ether oxygens (including phenoxy) is 1. The summed E-state index contributed by atoms with van der Waals surface area (Å²) in [6.45, 7) is 2.73. The molecule has 3 atom stereocenters. The number of carbonyl (C=O) groups excluding carboxylic acids is 3. The lowest BCUT2D eigenvalue weighted by atomic mass is 9.91. The van der Waals surface area contributed by atoms with Crippen LogP contribution in [0.2, 0.25) is 0 Å². The number of fused-ring (bicyclic) bond motifs is 1. The van der Waals surface area contributed by atoms with E-state index in [1.807, 2.05) is 18.2 Å². The maximum atomic E-state index is 12.9. The molecule has 3 amide bonds. The number of benzene rings is 1. The molecule has 160 valence electrons. The van der Waals surface area contributed by atoms with E-state index in [4.69, 9.17) is 4.74 Å². The van der Waals surface area contributed by atoms with Crippen LogP contribution in [0, 0.1) is 0 Å². The van der Waals surface area contributed by atoms with Gasteiger partial charge in [-0.25, -0.2) is 0 Å². The first-order valence-corrected chi connectivity index (χ1v) is 11.3. The molecule has 0 radical (unpaired) electrons. The Kier molecular flexibility index (Phi) is 5.23. The monoisotopic (exact) mass is 411 g/mol. The Bertz CT molecular complexity index is 864. The van der Waals surface area contributed by atoms with E-state index in [0.717, 1.165) is 17.7 Å². The molecule has 7 heteroatoms. The van der Waals surface area contributed by atoms with Crippen molar-refractivity contribution in [2.24, 2.45) is 0 Å². The summed E-state index contributed by atoms with van der Waals surface area (Å²) >= 11 is 0. The molecule has 5 rings (SSSR count). The Labute approximate surface area is 176 Å². The van der Waals surface area contributed by atoms with Gasteiger partial charge in [-0.15, -0.1) is 0 Å². The molecular formula is C23H29N3O4. The summed E-state index contributed by atoms with van der Waals surface area (Å²) < 4.78 is 6.46. The minimum absolute atomic E-state index is 0.140. The van der Waals surface area contributed by atoms with Gasteiger partial charge < -0.3 is 9.64 Å². The molecule has 0 aromatic heterocycles. The van der Waals surface area contributed by atoms with Gasteiger partial charge in [0.2, 0.25) is 11.8 Å². The molecule has 4 aliphatic rings. The number of nitrogens with zero attached hydrogens (tertiary/aromatic N) is 2. The lowest BCUT2D eigenvalue weighted by Gasteiger charge is -2.37. The van der Waals surface area contributed by atoms with Gasteiger partial charge in [0.15, 0.2) is 0 Å². The number of amides is 3. The van der Waals surface area contributed by atoms with Gasteiger partial charge in [-0.3, -0.25) is 24.6 Å². The number of rotatable bonds is 4. The van der Waals surface area contributed by atoms with Gasteiger partial charge in [0.05, 0.1) is 0 Å². The predicted molar refractivity (Wildman–Crippen MR) is 110 cm³/mol. The zero-order valence-corrected chi connectivity index (χ0v) is 17.3. The lowest BCUT2D eigenvalue weighted by molar-refractivity contribution is -0.136. The highest BCUT2D eigenvalue weighted by molar-refractivity contribution is 6.05. The highest BCUT2D eigenvalue weighted by Gasteiger charge is 2.39. The van der Waals surface area contributed by atoms with E-state index in [-0.39, 0.29) is 30.2 Å². The minimum Gasteiger partial charge on any atom is -0.489 e.